The zero-order valence-electron chi connectivity index (χ0n) is 10.5. The molecule has 0 aliphatic carbocycles. The van der Waals surface area contributed by atoms with Crippen molar-refractivity contribution >= 4 is 12.2 Å². The predicted molar refractivity (Wildman–Crippen MR) is 59.2 cm³/mol. The summed E-state index contributed by atoms with van der Waals surface area (Å²) in [6, 6.07) is 0. The third-order valence-electron chi connectivity index (χ3n) is 1.98. The predicted octanol–water partition coefficient (Wildman–Crippen LogP) is 1.81. The van der Waals surface area contributed by atoms with E-state index >= 15 is 0 Å². The molecule has 101 valence electrons. The van der Waals surface area contributed by atoms with Crippen molar-refractivity contribution in [2.24, 2.45) is 0 Å². The van der Waals surface area contributed by atoms with Crippen LogP contribution in [0.2, 0.25) is 0 Å². The molecule has 0 saturated carbocycles. The van der Waals surface area contributed by atoms with Gasteiger partial charge in [-0.1, -0.05) is 13.1 Å². The van der Waals surface area contributed by atoms with Crippen molar-refractivity contribution in [1.29, 1.82) is 0 Å². The maximum Gasteiger partial charge on any atom is 0.229 e. The van der Waals surface area contributed by atoms with Crippen LogP contribution in [0.1, 0.15) is 13.8 Å². The second-order valence-electron chi connectivity index (χ2n) is 3.54. The third-order valence-corrected chi connectivity index (χ3v) is 1.98. The molecule has 0 spiro atoms. The molecule has 0 N–H and O–H groups in total. The fraction of sp³-hybridized carbons (Fsp3) is 0.800. The van der Waals surface area contributed by atoms with Crippen LogP contribution in [0, 0.1) is 0 Å². The molecule has 18 heavy (non-hydrogen) atoms. The molecule has 2 aliphatic heterocycles. The van der Waals surface area contributed by atoms with E-state index in [9.17, 15) is 9.59 Å². The summed E-state index contributed by atoms with van der Waals surface area (Å²) in [7, 11) is 0. The third kappa shape index (κ3) is 7.13. The summed E-state index contributed by atoms with van der Waals surface area (Å²) in [4.78, 5) is 20.4. The summed E-state index contributed by atoms with van der Waals surface area (Å²) < 4.78 is 14.3. The summed E-state index contributed by atoms with van der Waals surface area (Å²) >= 11 is 0. The maximum absolute atomic E-state index is 10.4. The average molecular weight is 333 g/mol. The van der Waals surface area contributed by atoms with Crippen LogP contribution in [-0.4, -0.2) is 50.7 Å². The minimum Gasteiger partial charge on any atom is -0.614 e. The van der Waals surface area contributed by atoms with E-state index < -0.39 is 12.2 Å². The molecule has 2 rings (SSSR count). The van der Waals surface area contributed by atoms with Crippen LogP contribution >= 0.6 is 0 Å². The summed E-state index contributed by atoms with van der Waals surface area (Å²) in [5.41, 5.74) is 0. The molecular formula is C10H16N2O5Y-2. The van der Waals surface area contributed by atoms with Gasteiger partial charge in [0.1, 0.15) is 6.10 Å². The molecule has 2 amide bonds. The number of rotatable bonds is 3. The number of ether oxygens (including phenoxy) is 3. The Labute approximate surface area is 131 Å². The SMILES string of the molecule is CC1C[N-]C(=O)O1.CCOCC1C[N-]C(=O)O1.[Y]. The van der Waals surface area contributed by atoms with Crippen molar-refractivity contribution in [3.8, 4) is 0 Å². The summed E-state index contributed by atoms with van der Waals surface area (Å²) in [5, 5.41) is 6.99. The molecule has 0 bridgehead atoms. The van der Waals surface area contributed by atoms with Gasteiger partial charge in [-0.2, -0.15) is 0 Å². The minimum atomic E-state index is -0.468. The van der Waals surface area contributed by atoms with Crippen LogP contribution < -0.4 is 0 Å². The van der Waals surface area contributed by atoms with Gasteiger partial charge in [0, 0.05) is 39.3 Å². The Balaban J connectivity index is 0.000000321. The molecule has 8 heteroatoms. The van der Waals surface area contributed by atoms with Crippen molar-refractivity contribution < 1.29 is 56.5 Å². The summed E-state index contributed by atoms with van der Waals surface area (Å²) in [6.45, 7) is 5.79. The normalized spacial score (nSPS) is 24.8. The van der Waals surface area contributed by atoms with Crippen LogP contribution in [-0.2, 0) is 46.9 Å². The first-order chi connectivity index (χ1) is 8.11. The Morgan fingerprint density at radius 1 is 1.22 bits per heavy atom. The van der Waals surface area contributed by atoms with Crippen molar-refractivity contribution in [1.82, 2.24) is 0 Å². The molecule has 2 fully saturated rings. The maximum atomic E-state index is 10.4. The van der Waals surface area contributed by atoms with Gasteiger partial charge in [-0.25, -0.2) is 0 Å². The van der Waals surface area contributed by atoms with E-state index in [0.29, 0.717) is 26.3 Å². The van der Waals surface area contributed by atoms with E-state index in [2.05, 4.69) is 15.4 Å². The van der Waals surface area contributed by atoms with Gasteiger partial charge < -0.3 is 24.8 Å². The number of carbonyl (C=O) groups excluding carboxylic acids is 2. The molecule has 0 aromatic rings. The van der Waals surface area contributed by atoms with Gasteiger partial charge >= 0.3 is 0 Å². The zero-order valence-corrected chi connectivity index (χ0v) is 13.3. The standard InChI is InChI=1S/C6H11NO3.C4H7NO2.Y/c1-2-9-4-5-3-7-6(8)10-5;1-3-2-5-4(6)7-3;/h5H,2-4H2,1H3,(H,7,8);3H,2H2,1H3,(H,5,6);/p-2. The quantitative estimate of drug-likeness (QED) is 0.786. The largest absolute Gasteiger partial charge is 0.614 e. The fourth-order valence-corrected chi connectivity index (χ4v) is 1.18. The van der Waals surface area contributed by atoms with E-state index in [1.807, 2.05) is 13.8 Å². The van der Waals surface area contributed by atoms with Crippen molar-refractivity contribution in [3.05, 3.63) is 10.6 Å². The van der Waals surface area contributed by atoms with Crippen molar-refractivity contribution in [3.63, 3.8) is 0 Å². The van der Waals surface area contributed by atoms with Crippen molar-refractivity contribution in [2.75, 3.05) is 26.3 Å². The number of hydrogen-bond acceptors (Lipinski definition) is 5. The summed E-state index contributed by atoms with van der Waals surface area (Å²) in [6.07, 6.45) is -1.03. The Hall–Kier alpha value is -0.396. The first kappa shape index (κ1) is 17.6. The molecule has 2 saturated heterocycles. The van der Waals surface area contributed by atoms with Gasteiger partial charge in [0.25, 0.3) is 0 Å². The second kappa shape index (κ2) is 9.52. The van der Waals surface area contributed by atoms with E-state index in [1.54, 1.807) is 0 Å². The monoisotopic (exact) mass is 333 g/mol. The van der Waals surface area contributed by atoms with Gasteiger partial charge in [0.2, 0.25) is 12.2 Å². The minimum absolute atomic E-state index is 0. The second-order valence-corrected chi connectivity index (χ2v) is 3.54. The first-order valence-electron chi connectivity index (χ1n) is 5.45. The number of nitrogens with zero attached hydrogens (tertiary/aromatic N) is 2. The van der Waals surface area contributed by atoms with Gasteiger partial charge in [-0.15, -0.1) is 0 Å². The zero-order chi connectivity index (χ0) is 12.7. The van der Waals surface area contributed by atoms with Crippen LogP contribution in [0.5, 0.6) is 0 Å². The van der Waals surface area contributed by atoms with Crippen LogP contribution in [0.15, 0.2) is 0 Å². The summed E-state index contributed by atoms with van der Waals surface area (Å²) in [5.74, 6) is 0. The van der Waals surface area contributed by atoms with Crippen LogP contribution in [0.25, 0.3) is 10.6 Å². The molecule has 2 heterocycles. The number of carbonyl (C=O) groups is 2. The molecule has 7 nitrogen and oxygen atoms in total. The Morgan fingerprint density at radius 3 is 2.17 bits per heavy atom. The molecular weight excluding hydrogens is 317 g/mol. The van der Waals surface area contributed by atoms with E-state index in [1.165, 1.54) is 0 Å². The van der Waals surface area contributed by atoms with Gasteiger partial charge in [0.05, 0.1) is 12.7 Å². The van der Waals surface area contributed by atoms with Gasteiger partial charge in [-0.3, -0.25) is 9.59 Å². The average Bonchev–Trinajstić information content (AvgIpc) is 2.86. The molecule has 2 atom stereocenters. The van der Waals surface area contributed by atoms with Crippen LogP contribution in [0.4, 0.5) is 9.59 Å². The number of amides is 2. The van der Waals surface area contributed by atoms with Gasteiger partial charge in [0.15, 0.2) is 0 Å². The number of hydrogen-bond donors (Lipinski definition) is 0. The number of cyclic esters (lactones) is 2. The fourth-order valence-electron chi connectivity index (χ4n) is 1.18. The Kier molecular flexibility index (Phi) is 9.31. The Morgan fingerprint density at radius 2 is 1.83 bits per heavy atom. The molecule has 2 aliphatic rings. The topological polar surface area (TPSA) is 90.0 Å². The van der Waals surface area contributed by atoms with E-state index in [-0.39, 0.29) is 44.9 Å². The molecule has 1 radical (unpaired) electrons. The first-order valence-corrected chi connectivity index (χ1v) is 5.45. The van der Waals surface area contributed by atoms with E-state index in [4.69, 9.17) is 9.47 Å². The Bertz CT molecular complexity index is 277. The van der Waals surface area contributed by atoms with E-state index in [0.717, 1.165) is 0 Å². The molecule has 0 aromatic heterocycles. The van der Waals surface area contributed by atoms with Crippen LogP contribution in [0.3, 0.4) is 0 Å². The molecule has 2 unspecified atom stereocenters. The molecule has 0 aromatic carbocycles. The van der Waals surface area contributed by atoms with Crippen molar-refractivity contribution in [2.45, 2.75) is 26.1 Å². The van der Waals surface area contributed by atoms with Gasteiger partial charge in [-0.05, 0) is 13.8 Å². The smallest absolute Gasteiger partial charge is 0.229 e.